The van der Waals surface area contributed by atoms with Gasteiger partial charge in [0, 0.05) is 4.75 Å². The Hall–Kier alpha value is -0.0200. The number of aldehydes is 1. The highest BCUT2D eigenvalue weighted by Gasteiger charge is 2.31. The molecule has 72 valence electrons. The second-order valence-corrected chi connectivity index (χ2v) is 5.85. The van der Waals surface area contributed by atoms with Gasteiger partial charge >= 0.3 is 0 Å². The van der Waals surface area contributed by atoms with Crippen molar-refractivity contribution in [2.45, 2.75) is 44.9 Å². The molecule has 1 unspecified atom stereocenters. The summed E-state index contributed by atoms with van der Waals surface area (Å²) >= 11 is 4.41. The van der Waals surface area contributed by atoms with Crippen LogP contribution in [0.25, 0.3) is 0 Å². The minimum atomic E-state index is -0.399. The SMILES string of the molecule is CC(C)(S)CC(C)(C)C(N)C=O. The van der Waals surface area contributed by atoms with E-state index in [-0.39, 0.29) is 10.2 Å². The fourth-order valence-corrected chi connectivity index (χ4v) is 1.82. The third-order valence-corrected chi connectivity index (χ3v) is 2.10. The molecule has 0 aliphatic heterocycles. The third-order valence-electron chi connectivity index (χ3n) is 1.94. The molecule has 0 aromatic heterocycles. The molecule has 0 heterocycles. The van der Waals surface area contributed by atoms with E-state index in [1.165, 1.54) is 0 Å². The van der Waals surface area contributed by atoms with Gasteiger partial charge in [-0.15, -0.1) is 0 Å². The molecule has 2 nitrogen and oxygen atoms in total. The number of hydrogen-bond acceptors (Lipinski definition) is 3. The van der Waals surface area contributed by atoms with Crippen molar-refractivity contribution < 1.29 is 4.79 Å². The van der Waals surface area contributed by atoms with Gasteiger partial charge in [-0.2, -0.15) is 12.6 Å². The van der Waals surface area contributed by atoms with Crippen molar-refractivity contribution in [2.75, 3.05) is 0 Å². The van der Waals surface area contributed by atoms with E-state index in [1.807, 2.05) is 27.7 Å². The van der Waals surface area contributed by atoms with Gasteiger partial charge in [-0.05, 0) is 11.8 Å². The molecule has 0 rings (SSSR count). The molecule has 0 saturated heterocycles. The summed E-state index contributed by atoms with van der Waals surface area (Å²) < 4.78 is -0.0792. The minimum absolute atomic E-state index is 0.0792. The molecule has 0 spiro atoms. The van der Waals surface area contributed by atoms with Crippen LogP contribution in [0.5, 0.6) is 0 Å². The number of hydrogen-bond donors (Lipinski definition) is 2. The lowest BCUT2D eigenvalue weighted by atomic mass is 9.78. The topological polar surface area (TPSA) is 43.1 Å². The van der Waals surface area contributed by atoms with Crippen LogP contribution in [0, 0.1) is 5.41 Å². The van der Waals surface area contributed by atoms with Crippen molar-refractivity contribution in [1.29, 1.82) is 0 Å². The molecule has 0 amide bonds. The zero-order chi connectivity index (χ0) is 9.99. The summed E-state index contributed by atoms with van der Waals surface area (Å²) in [6.07, 6.45) is 1.63. The molecule has 12 heavy (non-hydrogen) atoms. The van der Waals surface area contributed by atoms with E-state index in [9.17, 15) is 4.79 Å². The van der Waals surface area contributed by atoms with E-state index < -0.39 is 6.04 Å². The summed E-state index contributed by atoms with van der Waals surface area (Å²) in [4.78, 5) is 10.5. The van der Waals surface area contributed by atoms with Crippen LogP contribution in [0.1, 0.15) is 34.1 Å². The summed E-state index contributed by atoms with van der Waals surface area (Å²) in [6.45, 7) is 8.03. The Bertz CT molecular complexity index is 160. The molecule has 0 aliphatic carbocycles. The zero-order valence-corrected chi connectivity index (χ0v) is 9.19. The first-order valence-corrected chi connectivity index (χ1v) is 4.57. The van der Waals surface area contributed by atoms with Crippen LogP contribution in [0.2, 0.25) is 0 Å². The Morgan fingerprint density at radius 1 is 1.42 bits per heavy atom. The predicted molar refractivity (Wildman–Crippen MR) is 55.5 cm³/mol. The summed E-state index contributed by atoms with van der Waals surface area (Å²) in [5.74, 6) is 0. The average molecular weight is 189 g/mol. The van der Waals surface area contributed by atoms with Gasteiger partial charge < -0.3 is 10.5 Å². The average Bonchev–Trinajstić information content (AvgIpc) is 1.80. The zero-order valence-electron chi connectivity index (χ0n) is 8.29. The molecule has 0 bridgehead atoms. The maximum atomic E-state index is 10.5. The highest BCUT2D eigenvalue weighted by molar-refractivity contribution is 7.81. The molecular weight excluding hydrogens is 170 g/mol. The monoisotopic (exact) mass is 189 g/mol. The van der Waals surface area contributed by atoms with Crippen molar-refractivity contribution in [3.05, 3.63) is 0 Å². The smallest absolute Gasteiger partial charge is 0.137 e. The van der Waals surface area contributed by atoms with Crippen LogP contribution in [-0.4, -0.2) is 17.1 Å². The Kier molecular flexibility index (Phi) is 3.79. The standard InChI is InChI=1S/C9H19NOS/c1-8(2,7(10)5-11)6-9(3,4)12/h5,7,12H,6,10H2,1-4H3. The summed E-state index contributed by atoms with van der Waals surface area (Å²) in [5.41, 5.74) is 5.48. The molecular formula is C9H19NOS. The first-order valence-electron chi connectivity index (χ1n) is 4.12. The maximum absolute atomic E-state index is 10.5. The highest BCUT2D eigenvalue weighted by atomic mass is 32.1. The number of rotatable bonds is 4. The van der Waals surface area contributed by atoms with E-state index in [2.05, 4.69) is 12.6 Å². The summed E-state index contributed by atoms with van der Waals surface area (Å²) in [5, 5.41) is 0. The first kappa shape index (κ1) is 12.0. The van der Waals surface area contributed by atoms with Crippen molar-refractivity contribution in [2.24, 2.45) is 11.1 Å². The Balaban J connectivity index is 4.31. The fraction of sp³-hybridized carbons (Fsp3) is 0.889. The molecule has 0 aliphatic rings. The lowest BCUT2D eigenvalue weighted by Crippen LogP contribution is -2.41. The molecule has 0 radical (unpaired) electrons. The summed E-state index contributed by atoms with van der Waals surface area (Å²) in [7, 11) is 0. The van der Waals surface area contributed by atoms with Crippen molar-refractivity contribution >= 4 is 18.9 Å². The van der Waals surface area contributed by atoms with Gasteiger partial charge in [0.25, 0.3) is 0 Å². The molecule has 0 aromatic carbocycles. The number of thiol groups is 1. The molecule has 1 atom stereocenters. The lowest BCUT2D eigenvalue weighted by Gasteiger charge is -2.34. The van der Waals surface area contributed by atoms with Gasteiger partial charge in [0.05, 0.1) is 6.04 Å². The van der Waals surface area contributed by atoms with Gasteiger partial charge in [0.2, 0.25) is 0 Å². The second-order valence-electron chi connectivity index (χ2n) is 4.64. The molecule has 3 heteroatoms. The quantitative estimate of drug-likeness (QED) is 0.521. The van der Waals surface area contributed by atoms with E-state index in [1.54, 1.807) is 0 Å². The largest absolute Gasteiger partial charge is 0.321 e. The Morgan fingerprint density at radius 3 is 2.08 bits per heavy atom. The number of carbonyl (C=O) groups excluding carboxylic acids is 1. The fourth-order valence-electron chi connectivity index (χ4n) is 1.42. The van der Waals surface area contributed by atoms with Gasteiger partial charge in [-0.1, -0.05) is 27.7 Å². The van der Waals surface area contributed by atoms with Gasteiger partial charge in [0.15, 0.2) is 0 Å². The van der Waals surface area contributed by atoms with Crippen LogP contribution in [0.15, 0.2) is 0 Å². The van der Waals surface area contributed by atoms with Crippen LogP contribution in [0.3, 0.4) is 0 Å². The van der Waals surface area contributed by atoms with E-state index in [0.717, 1.165) is 12.7 Å². The van der Waals surface area contributed by atoms with Crippen molar-refractivity contribution in [3.63, 3.8) is 0 Å². The minimum Gasteiger partial charge on any atom is -0.321 e. The van der Waals surface area contributed by atoms with Crippen LogP contribution >= 0.6 is 12.6 Å². The maximum Gasteiger partial charge on any atom is 0.137 e. The Morgan fingerprint density at radius 2 is 1.83 bits per heavy atom. The second kappa shape index (κ2) is 3.79. The molecule has 2 N–H and O–H groups in total. The lowest BCUT2D eigenvalue weighted by molar-refractivity contribution is -0.111. The number of nitrogens with two attached hydrogens (primary N) is 1. The Labute approximate surface area is 80.3 Å². The number of carbonyl (C=O) groups is 1. The highest BCUT2D eigenvalue weighted by Crippen LogP contribution is 2.33. The molecule has 0 aromatic rings. The van der Waals surface area contributed by atoms with Crippen LogP contribution in [0.4, 0.5) is 0 Å². The van der Waals surface area contributed by atoms with Crippen LogP contribution < -0.4 is 5.73 Å². The van der Waals surface area contributed by atoms with Gasteiger partial charge in [-0.3, -0.25) is 0 Å². The normalized spacial score (nSPS) is 15.8. The summed E-state index contributed by atoms with van der Waals surface area (Å²) in [6, 6.07) is -0.399. The van der Waals surface area contributed by atoms with Crippen molar-refractivity contribution in [1.82, 2.24) is 0 Å². The van der Waals surface area contributed by atoms with Gasteiger partial charge in [-0.25, -0.2) is 0 Å². The third kappa shape index (κ3) is 4.12. The van der Waals surface area contributed by atoms with Crippen LogP contribution in [-0.2, 0) is 4.79 Å². The molecule has 0 saturated carbocycles. The van der Waals surface area contributed by atoms with E-state index in [0.29, 0.717) is 0 Å². The van der Waals surface area contributed by atoms with E-state index in [4.69, 9.17) is 5.73 Å². The van der Waals surface area contributed by atoms with Gasteiger partial charge in [0.1, 0.15) is 6.29 Å². The molecule has 0 fully saturated rings. The predicted octanol–water partition coefficient (Wildman–Crippen LogP) is 1.64. The van der Waals surface area contributed by atoms with Crippen molar-refractivity contribution in [3.8, 4) is 0 Å². The van der Waals surface area contributed by atoms with E-state index >= 15 is 0 Å². The first-order chi connectivity index (χ1) is 5.19.